The Morgan fingerprint density at radius 3 is 2.10 bits per heavy atom. The average Bonchev–Trinajstić information content (AvgIpc) is 2.91. The Hall–Kier alpha value is -3.52. The van der Waals surface area contributed by atoms with Crippen molar-refractivity contribution in [3.8, 4) is 0 Å². The molecule has 1 heterocycles. The molecule has 3 aromatic rings. The SMILES string of the molecule is CC(C)Nc1nc(NCC2CCC(CNS(=O)(=O)c3ccc(F)cc3)CC2)nc2ccccc12.O=C(O)C(F)(F)F. The number of hydrogen-bond donors (Lipinski definition) is 4. The van der Waals surface area contributed by atoms with E-state index in [0.717, 1.165) is 61.1 Å². The van der Waals surface area contributed by atoms with E-state index in [9.17, 15) is 26.0 Å². The largest absolute Gasteiger partial charge is 0.490 e. The Kier molecular flexibility index (Phi) is 10.8. The molecule has 2 aromatic carbocycles. The van der Waals surface area contributed by atoms with Gasteiger partial charge in [0, 0.05) is 24.5 Å². The molecule has 0 amide bonds. The molecule has 1 aliphatic rings. The van der Waals surface area contributed by atoms with E-state index < -0.39 is 28.0 Å². The van der Waals surface area contributed by atoms with Crippen molar-refractivity contribution >= 4 is 38.7 Å². The van der Waals surface area contributed by atoms with Gasteiger partial charge in [-0.2, -0.15) is 18.2 Å². The number of nitrogens with zero attached hydrogens (tertiary/aromatic N) is 2. The van der Waals surface area contributed by atoms with Crippen molar-refractivity contribution in [3.05, 3.63) is 54.3 Å². The van der Waals surface area contributed by atoms with Gasteiger partial charge in [-0.3, -0.25) is 0 Å². The topological polar surface area (TPSA) is 133 Å². The van der Waals surface area contributed by atoms with Crippen LogP contribution in [-0.4, -0.2) is 54.8 Å². The van der Waals surface area contributed by atoms with Gasteiger partial charge in [0.05, 0.1) is 10.4 Å². The molecule has 4 rings (SSSR count). The van der Waals surface area contributed by atoms with Crippen LogP contribution in [-0.2, 0) is 14.8 Å². The predicted octanol–water partition coefficient (Wildman–Crippen LogP) is 5.42. The predicted molar refractivity (Wildman–Crippen MR) is 148 cm³/mol. The first kappa shape index (κ1) is 32.0. The summed E-state index contributed by atoms with van der Waals surface area (Å²) in [7, 11) is -3.62. The standard InChI is InChI=1S/C25H32FN5O2S.C2HF3O2/c1-17(2)29-24-22-5-3-4-6-23(22)30-25(31-24)27-15-18-7-9-19(10-8-18)16-28-34(32,33)21-13-11-20(26)12-14-21;3-2(4,5)1(6)7/h3-6,11-14,17-19,28H,7-10,15-16H2,1-2H3,(H2,27,29,30,31);(H,6,7). The Bertz CT molecular complexity index is 1410. The zero-order valence-electron chi connectivity index (χ0n) is 22.6. The molecule has 14 heteroatoms. The number of benzene rings is 2. The fourth-order valence-electron chi connectivity index (χ4n) is 4.34. The molecule has 224 valence electrons. The van der Waals surface area contributed by atoms with E-state index in [1.807, 2.05) is 24.3 Å². The van der Waals surface area contributed by atoms with Gasteiger partial charge in [0.25, 0.3) is 0 Å². The van der Waals surface area contributed by atoms with Crippen LogP contribution < -0.4 is 15.4 Å². The lowest BCUT2D eigenvalue weighted by Crippen LogP contribution is -2.32. The fraction of sp³-hybridized carbons (Fsp3) is 0.444. The van der Waals surface area contributed by atoms with Crippen molar-refractivity contribution in [2.45, 2.75) is 56.6 Å². The number of aliphatic carboxylic acids is 1. The second kappa shape index (κ2) is 13.9. The van der Waals surface area contributed by atoms with E-state index in [1.165, 1.54) is 12.1 Å². The first-order chi connectivity index (χ1) is 19.2. The van der Waals surface area contributed by atoms with Gasteiger partial charge in [-0.05, 0) is 87.8 Å². The van der Waals surface area contributed by atoms with E-state index in [4.69, 9.17) is 14.9 Å². The number of nitrogens with one attached hydrogen (secondary N) is 3. The molecule has 41 heavy (non-hydrogen) atoms. The van der Waals surface area contributed by atoms with Gasteiger partial charge in [0.15, 0.2) is 0 Å². The maximum absolute atomic E-state index is 13.1. The molecular formula is C27H33F4N5O4S. The highest BCUT2D eigenvalue weighted by molar-refractivity contribution is 7.89. The summed E-state index contributed by atoms with van der Waals surface area (Å²) < 4.78 is 72.4. The van der Waals surface area contributed by atoms with Crippen molar-refractivity contribution in [2.75, 3.05) is 23.7 Å². The minimum Gasteiger partial charge on any atom is -0.475 e. The van der Waals surface area contributed by atoms with E-state index in [2.05, 4.69) is 34.2 Å². The maximum atomic E-state index is 13.1. The summed E-state index contributed by atoms with van der Waals surface area (Å²) in [6.07, 6.45) is -1.14. The van der Waals surface area contributed by atoms with E-state index in [1.54, 1.807) is 0 Å². The molecule has 0 spiro atoms. The van der Waals surface area contributed by atoms with E-state index in [0.29, 0.717) is 24.3 Å². The first-order valence-electron chi connectivity index (χ1n) is 13.1. The molecule has 4 N–H and O–H groups in total. The zero-order chi connectivity index (χ0) is 30.2. The van der Waals surface area contributed by atoms with Crippen LogP contribution in [0.5, 0.6) is 0 Å². The number of aromatic nitrogens is 2. The molecule has 0 radical (unpaired) electrons. The summed E-state index contributed by atoms with van der Waals surface area (Å²) in [4.78, 5) is 18.4. The number of fused-ring (bicyclic) bond motifs is 1. The van der Waals surface area contributed by atoms with Crippen LogP contribution >= 0.6 is 0 Å². The van der Waals surface area contributed by atoms with Crippen LogP contribution in [0, 0.1) is 17.7 Å². The Labute approximate surface area is 235 Å². The van der Waals surface area contributed by atoms with Crippen LogP contribution in [0.3, 0.4) is 0 Å². The molecule has 0 aliphatic heterocycles. The number of carboxylic acids is 1. The highest BCUT2D eigenvalue weighted by Gasteiger charge is 2.38. The second-order valence-corrected chi connectivity index (χ2v) is 11.9. The molecule has 1 aromatic heterocycles. The lowest BCUT2D eigenvalue weighted by Gasteiger charge is -2.28. The van der Waals surface area contributed by atoms with Gasteiger partial charge < -0.3 is 15.7 Å². The number of para-hydroxylation sites is 1. The third-order valence-corrected chi connectivity index (χ3v) is 7.91. The number of alkyl halides is 3. The normalized spacial score (nSPS) is 17.5. The number of halogens is 4. The summed E-state index contributed by atoms with van der Waals surface area (Å²) in [6.45, 7) is 5.36. The van der Waals surface area contributed by atoms with Gasteiger partial charge in [-0.15, -0.1) is 0 Å². The third kappa shape index (κ3) is 9.81. The minimum absolute atomic E-state index is 0.0912. The number of hydrogen-bond acceptors (Lipinski definition) is 7. The molecule has 1 aliphatic carbocycles. The highest BCUT2D eigenvalue weighted by atomic mass is 32.2. The quantitative estimate of drug-likeness (QED) is 0.240. The lowest BCUT2D eigenvalue weighted by molar-refractivity contribution is -0.192. The minimum atomic E-state index is -5.08. The zero-order valence-corrected chi connectivity index (χ0v) is 23.4. The molecular weight excluding hydrogens is 566 g/mol. The number of carboxylic acid groups (broad SMARTS) is 1. The van der Waals surface area contributed by atoms with Crippen LogP contribution in [0.25, 0.3) is 10.9 Å². The van der Waals surface area contributed by atoms with Gasteiger partial charge in [0.1, 0.15) is 11.6 Å². The molecule has 9 nitrogen and oxygen atoms in total. The third-order valence-electron chi connectivity index (χ3n) is 6.47. The van der Waals surface area contributed by atoms with Gasteiger partial charge in [0.2, 0.25) is 16.0 Å². The molecule has 1 saturated carbocycles. The van der Waals surface area contributed by atoms with Crippen LogP contribution in [0.4, 0.5) is 29.3 Å². The van der Waals surface area contributed by atoms with Crippen LogP contribution in [0.15, 0.2) is 53.4 Å². The number of anilines is 2. The summed E-state index contributed by atoms with van der Waals surface area (Å²) in [5, 5.41) is 14.9. The highest BCUT2D eigenvalue weighted by Crippen LogP contribution is 2.29. The Morgan fingerprint density at radius 2 is 1.54 bits per heavy atom. The van der Waals surface area contributed by atoms with E-state index >= 15 is 0 Å². The fourth-order valence-corrected chi connectivity index (χ4v) is 5.46. The number of carbonyl (C=O) groups is 1. The second-order valence-electron chi connectivity index (χ2n) is 10.1. The Morgan fingerprint density at radius 1 is 0.976 bits per heavy atom. The van der Waals surface area contributed by atoms with Crippen molar-refractivity contribution in [1.29, 1.82) is 0 Å². The van der Waals surface area contributed by atoms with Crippen molar-refractivity contribution in [3.63, 3.8) is 0 Å². The van der Waals surface area contributed by atoms with Crippen molar-refractivity contribution in [2.24, 2.45) is 11.8 Å². The number of sulfonamides is 1. The summed E-state index contributed by atoms with van der Waals surface area (Å²) >= 11 is 0. The number of rotatable bonds is 9. The molecule has 0 unspecified atom stereocenters. The van der Waals surface area contributed by atoms with E-state index in [-0.39, 0.29) is 10.9 Å². The molecule has 0 bridgehead atoms. The van der Waals surface area contributed by atoms with Crippen LogP contribution in [0.1, 0.15) is 39.5 Å². The summed E-state index contributed by atoms with van der Waals surface area (Å²) in [5.74, 6) is -0.970. The molecule has 0 atom stereocenters. The van der Waals surface area contributed by atoms with Gasteiger partial charge >= 0.3 is 12.1 Å². The smallest absolute Gasteiger partial charge is 0.475 e. The van der Waals surface area contributed by atoms with Crippen molar-refractivity contribution in [1.82, 2.24) is 14.7 Å². The molecule has 0 saturated heterocycles. The monoisotopic (exact) mass is 599 g/mol. The maximum Gasteiger partial charge on any atom is 0.490 e. The summed E-state index contributed by atoms with van der Waals surface area (Å²) in [5.41, 5.74) is 0.903. The average molecular weight is 600 g/mol. The summed E-state index contributed by atoms with van der Waals surface area (Å²) in [6, 6.07) is 13.1. The van der Waals surface area contributed by atoms with Crippen molar-refractivity contribution < 1.29 is 35.9 Å². The van der Waals surface area contributed by atoms with Crippen LogP contribution in [0.2, 0.25) is 0 Å². The first-order valence-corrected chi connectivity index (χ1v) is 14.6. The van der Waals surface area contributed by atoms with Gasteiger partial charge in [-0.25, -0.2) is 27.3 Å². The lowest BCUT2D eigenvalue weighted by atomic mass is 9.82. The van der Waals surface area contributed by atoms with Gasteiger partial charge in [-0.1, -0.05) is 12.1 Å². The molecule has 1 fully saturated rings. The Balaban J connectivity index is 0.000000587.